The van der Waals surface area contributed by atoms with Crippen LogP contribution in [0.2, 0.25) is 0 Å². The third-order valence-corrected chi connectivity index (χ3v) is 5.83. The number of carbonyl (C=O) groups is 3. The van der Waals surface area contributed by atoms with Gasteiger partial charge in [-0.25, -0.2) is 4.79 Å². The molecule has 1 spiro atoms. The molecule has 4 rings (SSSR count). The molecule has 0 bridgehead atoms. The van der Waals surface area contributed by atoms with E-state index in [0.717, 1.165) is 40.0 Å². The fraction of sp³-hybridized carbons (Fsp3) is 0.318. The molecule has 6 heteroatoms. The smallest absolute Gasteiger partial charge is 0.324 e. The molecule has 2 aromatic carbocycles. The molecule has 2 aromatic rings. The first-order valence-electron chi connectivity index (χ1n) is 9.51. The Bertz CT molecular complexity index is 985. The molecule has 0 saturated carbocycles. The van der Waals surface area contributed by atoms with E-state index >= 15 is 0 Å². The van der Waals surface area contributed by atoms with Crippen LogP contribution in [0.15, 0.2) is 42.5 Å². The standard InChI is InChI=1S/C22H23N3O3/c1-14-7-5-11-18(15(14)2)23-19(26)13-25-20(27)22(24-21(25)28)12-6-9-16-8-3-4-10-17(16)22/h3-5,7-8,10-11H,6,9,12-13H2,1-2H3,(H,23,26)(H,24,28)/t22-/m1/s1. The number of imide groups is 1. The lowest BCUT2D eigenvalue weighted by molar-refractivity contribution is -0.134. The molecule has 0 radical (unpaired) electrons. The Hall–Kier alpha value is -3.15. The van der Waals surface area contributed by atoms with Crippen LogP contribution in [0.25, 0.3) is 0 Å². The molecule has 1 fully saturated rings. The highest BCUT2D eigenvalue weighted by Gasteiger charge is 2.54. The zero-order valence-corrected chi connectivity index (χ0v) is 16.0. The van der Waals surface area contributed by atoms with Crippen LogP contribution in [0.1, 0.15) is 35.1 Å². The van der Waals surface area contributed by atoms with Gasteiger partial charge in [0.15, 0.2) is 0 Å². The molecule has 1 aliphatic heterocycles. The summed E-state index contributed by atoms with van der Waals surface area (Å²) in [5.41, 5.74) is 3.58. The summed E-state index contributed by atoms with van der Waals surface area (Å²) in [5, 5.41) is 5.69. The number of nitrogens with one attached hydrogen (secondary N) is 2. The summed E-state index contributed by atoms with van der Waals surface area (Å²) in [5.74, 6) is -0.737. The average molecular weight is 377 g/mol. The lowest BCUT2D eigenvalue weighted by atomic mass is 9.76. The Kier molecular flexibility index (Phi) is 4.41. The van der Waals surface area contributed by atoms with Crippen molar-refractivity contribution in [1.29, 1.82) is 0 Å². The lowest BCUT2D eigenvalue weighted by Crippen LogP contribution is -2.47. The van der Waals surface area contributed by atoms with E-state index in [1.54, 1.807) is 0 Å². The molecule has 1 saturated heterocycles. The SMILES string of the molecule is Cc1cccc(NC(=O)CN2C(=O)N[C@@]3(CCCc4ccccc43)C2=O)c1C. The van der Waals surface area contributed by atoms with E-state index in [0.29, 0.717) is 12.1 Å². The summed E-state index contributed by atoms with van der Waals surface area (Å²) in [6.07, 6.45) is 2.24. The van der Waals surface area contributed by atoms with E-state index < -0.39 is 17.5 Å². The molecule has 1 atom stereocenters. The number of hydrogen-bond acceptors (Lipinski definition) is 3. The van der Waals surface area contributed by atoms with Gasteiger partial charge >= 0.3 is 6.03 Å². The molecule has 6 nitrogen and oxygen atoms in total. The molecule has 0 aromatic heterocycles. The van der Waals surface area contributed by atoms with Gasteiger partial charge in [0.1, 0.15) is 12.1 Å². The van der Waals surface area contributed by atoms with Crippen molar-refractivity contribution >= 4 is 23.5 Å². The number of urea groups is 1. The molecule has 0 unspecified atom stereocenters. The van der Waals surface area contributed by atoms with Crippen molar-refractivity contribution in [3.63, 3.8) is 0 Å². The number of aryl methyl sites for hydroxylation is 2. The van der Waals surface area contributed by atoms with Crippen LogP contribution >= 0.6 is 0 Å². The van der Waals surface area contributed by atoms with Gasteiger partial charge in [-0.1, -0.05) is 36.4 Å². The summed E-state index contributed by atoms with van der Waals surface area (Å²) in [4.78, 5) is 39.4. The first-order valence-corrected chi connectivity index (χ1v) is 9.51. The topological polar surface area (TPSA) is 78.5 Å². The van der Waals surface area contributed by atoms with Gasteiger partial charge in [0, 0.05) is 5.69 Å². The molecule has 4 amide bonds. The van der Waals surface area contributed by atoms with E-state index in [1.165, 1.54) is 0 Å². The first-order chi connectivity index (χ1) is 13.4. The number of carbonyl (C=O) groups excluding carboxylic acids is 3. The molecule has 144 valence electrons. The van der Waals surface area contributed by atoms with Crippen molar-refractivity contribution in [2.45, 2.75) is 38.6 Å². The van der Waals surface area contributed by atoms with Crippen molar-refractivity contribution < 1.29 is 14.4 Å². The summed E-state index contributed by atoms with van der Waals surface area (Å²) < 4.78 is 0. The maximum absolute atomic E-state index is 13.2. The summed E-state index contributed by atoms with van der Waals surface area (Å²) in [7, 11) is 0. The Morgan fingerprint density at radius 3 is 2.75 bits per heavy atom. The Morgan fingerprint density at radius 2 is 1.93 bits per heavy atom. The van der Waals surface area contributed by atoms with Crippen LogP contribution in [0, 0.1) is 13.8 Å². The normalized spacial score (nSPS) is 20.9. The number of hydrogen-bond donors (Lipinski definition) is 2. The van der Waals surface area contributed by atoms with Crippen LogP contribution in [0.5, 0.6) is 0 Å². The molecule has 2 N–H and O–H groups in total. The van der Waals surface area contributed by atoms with E-state index in [2.05, 4.69) is 10.6 Å². The first kappa shape index (κ1) is 18.2. The number of anilines is 1. The van der Waals surface area contributed by atoms with Crippen LogP contribution in [0.3, 0.4) is 0 Å². The number of rotatable bonds is 3. The highest BCUT2D eigenvalue weighted by Crippen LogP contribution is 2.39. The largest absolute Gasteiger partial charge is 0.325 e. The van der Waals surface area contributed by atoms with Gasteiger partial charge in [0.05, 0.1) is 0 Å². The summed E-state index contributed by atoms with van der Waals surface area (Å²) in [6, 6.07) is 12.8. The van der Waals surface area contributed by atoms with Crippen molar-refractivity contribution in [2.75, 3.05) is 11.9 Å². The number of amides is 4. The predicted molar refractivity (Wildman–Crippen MR) is 106 cm³/mol. The molecule has 1 heterocycles. The van der Waals surface area contributed by atoms with E-state index in [-0.39, 0.29) is 12.5 Å². The van der Waals surface area contributed by atoms with Gasteiger partial charge in [-0.2, -0.15) is 0 Å². The maximum Gasteiger partial charge on any atom is 0.325 e. The van der Waals surface area contributed by atoms with Crippen molar-refractivity contribution in [2.24, 2.45) is 0 Å². The minimum atomic E-state index is -1.05. The third kappa shape index (κ3) is 2.85. The van der Waals surface area contributed by atoms with Crippen LogP contribution in [-0.2, 0) is 21.5 Å². The minimum absolute atomic E-state index is 0.304. The quantitative estimate of drug-likeness (QED) is 0.807. The zero-order valence-electron chi connectivity index (χ0n) is 16.0. The van der Waals surface area contributed by atoms with Crippen LogP contribution in [-0.4, -0.2) is 29.3 Å². The monoisotopic (exact) mass is 377 g/mol. The van der Waals surface area contributed by atoms with Gasteiger partial charge in [0.25, 0.3) is 5.91 Å². The number of benzene rings is 2. The average Bonchev–Trinajstić information content (AvgIpc) is 2.91. The molecule has 1 aliphatic carbocycles. The summed E-state index contributed by atoms with van der Waals surface area (Å²) in [6.45, 7) is 3.58. The number of nitrogens with zero attached hydrogens (tertiary/aromatic N) is 1. The van der Waals surface area contributed by atoms with Gasteiger partial charge < -0.3 is 10.6 Å². The third-order valence-electron chi connectivity index (χ3n) is 5.83. The Morgan fingerprint density at radius 1 is 1.14 bits per heavy atom. The van der Waals surface area contributed by atoms with Gasteiger partial charge in [-0.05, 0) is 61.4 Å². The van der Waals surface area contributed by atoms with Crippen molar-refractivity contribution in [3.05, 3.63) is 64.7 Å². The highest BCUT2D eigenvalue weighted by molar-refractivity contribution is 6.10. The zero-order chi connectivity index (χ0) is 19.9. The van der Waals surface area contributed by atoms with Crippen LogP contribution < -0.4 is 10.6 Å². The fourth-order valence-electron chi connectivity index (χ4n) is 4.17. The van der Waals surface area contributed by atoms with E-state index in [4.69, 9.17) is 0 Å². The second-order valence-corrected chi connectivity index (χ2v) is 7.53. The van der Waals surface area contributed by atoms with Gasteiger partial charge in [0.2, 0.25) is 5.91 Å². The molecular formula is C22H23N3O3. The second kappa shape index (κ2) is 6.78. The van der Waals surface area contributed by atoms with Gasteiger partial charge in [-0.15, -0.1) is 0 Å². The predicted octanol–water partition coefficient (Wildman–Crippen LogP) is 3.03. The highest BCUT2D eigenvalue weighted by atomic mass is 16.2. The maximum atomic E-state index is 13.2. The molecule has 28 heavy (non-hydrogen) atoms. The van der Waals surface area contributed by atoms with E-state index in [1.807, 2.05) is 56.3 Å². The van der Waals surface area contributed by atoms with Crippen molar-refractivity contribution in [1.82, 2.24) is 10.2 Å². The summed E-state index contributed by atoms with van der Waals surface area (Å²) >= 11 is 0. The fourth-order valence-corrected chi connectivity index (χ4v) is 4.17. The number of fused-ring (bicyclic) bond motifs is 2. The van der Waals surface area contributed by atoms with Crippen LogP contribution in [0.4, 0.5) is 10.5 Å². The Labute approximate surface area is 163 Å². The lowest BCUT2D eigenvalue weighted by Gasteiger charge is -2.33. The van der Waals surface area contributed by atoms with E-state index in [9.17, 15) is 14.4 Å². The van der Waals surface area contributed by atoms with Gasteiger partial charge in [-0.3, -0.25) is 14.5 Å². The minimum Gasteiger partial charge on any atom is -0.324 e. The second-order valence-electron chi connectivity index (χ2n) is 7.53. The Balaban J connectivity index is 1.56. The molecular weight excluding hydrogens is 354 g/mol. The molecule has 2 aliphatic rings. The van der Waals surface area contributed by atoms with Crippen molar-refractivity contribution in [3.8, 4) is 0 Å².